The molecule has 0 spiro atoms. The molecule has 0 bridgehead atoms. The van der Waals surface area contributed by atoms with Crippen molar-refractivity contribution in [1.82, 2.24) is 0 Å². The van der Waals surface area contributed by atoms with Gasteiger partial charge in [0.25, 0.3) is 9.05 Å². The zero-order valence-electron chi connectivity index (χ0n) is 31.6. The summed E-state index contributed by atoms with van der Waals surface area (Å²) in [5, 5.41) is 0. The van der Waals surface area contributed by atoms with Crippen molar-refractivity contribution < 1.29 is 26.7 Å². The Morgan fingerprint density at radius 2 is 1.05 bits per heavy atom. The second kappa shape index (κ2) is 16.6. The molecule has 6 heterocycles. The van der Waals surface area contributed by atoms with Gasteiger partial charge in [-0.05, 0) is 71.5 Å². The summed E-state index contributed by atoms with van der Waals surface area (Å²) >= 11 is 3.25. The van der Waals surface area contributed by atoms with E-state index >= 15 is 0 Å². The molecule has 10 rings (SSSR count). The molecule has 15 heteroatoms. The monoisotopic (exact) mass is 867 g/mol. The van der Waals surface area contributed by atoms with Gasteiger partial charge in [0.1, 0.15) is 11.5 Å². The lowest BCUT2D eigenvalue weighted by atomic mass is 10.0. The number of rotatable bonds is 5. The van der Waals surface area contributed by atoms with Crippen LogP contribution in [0.25, 0.3) is 22.6 Å². The van der Waals surface area contributed by atoms with Crippen molar-refractivity contribution in [1.29, 1.82) is 0 Å². The van der Waals surface area contributed by atoms with Crippen LogP contribution < -0.4 is 26.4 Å². The summed E-state index contributed by atoms with van der Waals surface area (Å²) in [5.74, 6) is 2.28. The van der Waals surface area contributed by atoms with Gasteiger partial charge in [0.15, 0.2) is 22.6 Å². The lowest BCUT2D eigenvalue weighted by molar-refractivity contribution is 0.120. The van der Waals surface area contributed by atoms with Crippen LogP contribution in [0.1, 0.15) is 22.3 Å². The summed E-state index contributed by atoms with van der Waals surface area (Å²) in [4.78, 5) is 33.3. The molecule has 59 heavy (non-hydrogen) atoms. The Bertz CT molecular complexity index is 2820. The average Bonchev–Trinajstić information content (AvgIpc) is 3.24. The second-order valence-electron chi connectivity index (χ2n) is 14.4. The predicted molar refractivity (Wildman–Crippen MR) is 231 cm³/mol. The average molecular weight is 868 g/mol. The van der Waals surface area contributed by atoms with E-state index in [0.717, 1.165) is 62.1 Å². The normalized spacial score (nSPS) is 15.9. The summed E-state index contributed by atoms with van der Waals surface area (Å²) in [7, 11) is 1.73. The maximum absolute atomic E-state index is 12.4. The molecular weight excluding hydrogens is 830 g/mol. The Morgan fingerprint density at radius 3 is 1.54 bits per heavy atom. The fourth-order valence-corrected chi connectivity index (χ4v) is 10.7. The molecular formula is C44H38ClN3O8S3. The highest BCUT2D eigenvalue weighted by molar-refractivity contribution is 8.13. The van der Waals surface area contributed by atoms with E-state index in [1.165, 1.54) is 46.0 Å². The number of halogens is 1. The van der Waals surface area contributed by atoms with Crippen molar-refractivity contribution in [2.75, 3.05) is 68.1 Å². The molecule has 11 nitrogen and oxygen atoms in total. The summed E-state index contributed by atoms with van der Waals surface area (Å²) < 4.78 is 46.6. The van der Waals surface area contributed by atoms with Crippen LogP contribution in [-0.2, 0) is 31.4 Å². The van der Waals surface area contributed by atoms with E-state index in [0.29, 0.717) is 69.2 Å². The van der Waals surface area contributed by atoms with Crippen molar-refractivity contribution in [3.63, 3.8) is 0 Å². The van der Waals surface area contributed by atoms with Gasteiger partial charge in [-0.25, -0.2) is 8.42 Å². The molecule has 2 N–H and O–H groups in total. The van der Waals surface area contributed by atoms with Crippen LogP contribution in [-0.4, -0.2) is 61.0 Å². The third-order valence-corrected chi connectivity index (χ3v) is 14.4. The lowest BCUT2D eigenvalue weighted by Crippen LogP contribution is -2.36. The SMILES string of the molecule is Nc1ccc2c(c1)Cc1cccc(-c3cc(=O)cc(N4CCOCC4)o3)c1S2.O=c1cc(-c2cccc3c2Sc2ccc(S(=O)(=O)Cl)cc2C3)oc(N2CCOCC2)c1. The number of nitrogens with two attached hydrogens (primary N) is 1. The molecule has 4 aliphatic rings. The zero-order valence-corrected chi connectivity index (χ0v) is 34.9. The summed E-state index contributed by atoms with van der Waals surface area (Å²) in [6, 6.07) is 29.2. The number of fused-ring (bicyclic) bond motifs is 4. The Balaban J connectivity index is 0.000000153. The fourth-order valence-electron chi connectivity index (χ4n) is 7.56. The van der Waals surface area contributed by atoms with Gasteiger partial charge in [0, 0.05) is 97.5 Å². The highest BCUT2D eigenvalue weighted by Crippen LogP contribution is 2.47. The van der Waals surface area contributed by atoms with E-state index in [1.54, 1.807) is 36.0 Å². The molecule has 0 radical (unpaired) electrons. The van der Waals surface area contributed by atoms with Gasteiger partial charge >= 0.3 is 0 Å². The molecule has 2 aromatic heterocycles. The second-order valence-corrected chi connectivity index (χ2v) is 19.1. The molecule has 0 atom stereocenters. The topological polar surface area (TPSA) is 146 Å². The van der Waals surface area contributed by atoms with E-state index < -0.39 is 9.05 Å². The van der Waals surface area contributed by atoms with Gasteiger partial charge in [-0.1, -0.05) is 59.9 Å². The molecule has 0 aliphatic carbocycles. The number of hydrogen-bond acceptors (Lipinski definition) is 13. The molecule has 0 saturated carbocycles. The van der Waals surface area contributed by atoms with E-state index in [1.807, 2.05) is 47.4 Å². The Hall–Kier alpha value is -4.96. The van der Waals surface area contributed by atoms with E-state index in [4.69, 9.17) is 34.7 Å². The number of hydrogen-bond donors (Lipinski definition) is 1. The minimum absolute atomic E-state index is 0.0469. The van der Waals surface area contributed by atoms with E-state index in [2.05, 4.69) is 17.0 Å². The highest BCUT2D eigenvalue weighted by Gasteiger charge is 2.25. The first-order chi connectivity index (χ1) is 28.6. The van der Waals surface area contributed by atoms with Gasteiger partial charge in [-0.2, -0.15) is 0 Å². The van der Waals surface area contributed by atoms with Crippen molar-refractivity contribution >= 4 is 60.7 Å². The zero-order chi connectivity index (χ0) is 40.7. The van der Waals surface area contributed by atoms with Gasteiger partial charge in [-0.3, -0.25) is 9.59 Å². The van der Waals surface area contributed by atoms with E-state index in [-0.39, 0.29) is 15.8 Å². The molecule has 0 unspecified atom stereocenters. The quantitative estimate of drug-likeness (QED) is 0.132. The lowest BCUT2D eigenvalue weighted by Gasteiger charge is -2.27. The van der Waals surface area contributed by atoms with Gasteiger partial charge < -0.3 is 33.8 Å². The van der Waals surface area contributed by atoms with Gasteiger partial charge in [0.2, 0.25) is 0 Å². The first kappa shape index (κ1) is 39.5. The fraction of sp³-hybridized carbons (Fsp3) is 0.227. The minimum atomic E-state index is -3.79. The molecule has 6 aromatic rings. The van der Waals surface area contributed by atoms with E-state index in [9.17, 15) is 18.0 Å². The largest absolute Gasteiger partial charge is 0.440 e. The summed E-state index contributed by atoms with van der Waals surface area (Å²) in [6.07, 6.45) is 1.39. The van der Waals surface area contributed by atoms with Crippen LogP contribution in [0.3, 0.4) is 0 Å². The predicted octanol–water partition coefficient (Wildman–Crippen LogP) is 7.91. The third-order valence-electron chi connectivity index (χ3n) is 10.5. The molecule has 302 valence electrons. The Kier molecular flexibility index (Phi) is 11.1. The molecule has 4 aromatic carbocycles. The Morgan fingerprint density at radius 1 is 0.576 bits per heavy atom. The van der Waals surface area contributed by atoms with Crippen LogP contribution in [0.5, 0.6) is 0 Å². The number of anilines is 3. The first-order valence-corrected chi connectivity index (χ1v) is 23.0. The molecule has 4 aliphatic heterocycles. The van der Waals surface area contributed by atoms with Crippen molar-refractivity contribution in [3.8, 4) is 22.6 Å². The molecule has 0 amide bonds. The maximum atomic E-state index is 12.4. The number of ether oxygens (including phenoxy) is 2. The van der Waals surface area contributed by atoms with Crippen molar-refractivity contribution in [2.24, 2.45) is 0 Å². The minimum Gasteiger partial charge on any atom is -0.440 e. The summed E-state index contributed by atoms with van der Waals surface area (Å²) in [6.45, 7) is 5.28. The van der Waals surface area contributed by atoms with Crippen LogP contribution in [0.4, 0.5) is 17.5 Å². The van der Waals surface area contributed by atoms with Crippen molar-refractivity contribution in [3.05, 3.63) is 140 Å². The van der Waals surface area contributed by atoms with Crippen LogP contribution in [0, 0.1) is 0 Å². The van der Waals surface area contributed by atoms with Gasteiger partial charge in [0.05, 0.1) is 31.3 Å². The molecule has 2 saturated heterocycles. The number of nitrogens with zero attached hydrogens (tertiary/aromatic N) is 2. The van der Waals surface area contributed by atoms with Crippen LogP contribution in [0.15, 0.2) is 140 Å². The van der Waals surface area contributed by atoms with Crippen molar-refractivity contribution in [2.45, 2.75) is 37.3 Å². The number of benzene rings is 4. The standard InChI is InChI=1S/C22H18ClNO5S2.C22H20N2O3S/c23-31(26,27)17-4-5-20-15(11-17)10-14-2-1-3-18(22(14)30-20)19-12-16(25)13-21(29-19)24-6-8-28-9-7-24;23-16-4-5-20-15(11-16)10-14-2-1-3-18(22(14)28-20)19-12-17(25)13-21(27-19)24-6-8-26-9-7-24/h1-5,11-13H,6-10H2;1-5,11-13H,6-10,23H2. The first-order valence-electron chi connectivity index (χ1n) is 19.1. The number of nitrogen functional groups attached to an aromatic ring is 1. The maximum Gasteiger partial charge on any atom is 0.261 e. The molecule has 2 fully saturated rings. The van der Waals surface area contributed by atoms with Gasteiger partial charge in [-0.15, -0.1) is 0 Å². The summed E-state index contributed by atoms with van der Waals surface area (Å²) in [5.41, 5.74) is 12.8. The number of morpholine rings is 2. The van der Waals surface area contributed by atoms with Crippen LogP contribution in [0.2, 0.25) is 0 Å². The highest BCUT2D eigenvalue weighted by atomic mass is 35.7. The smallest absolute Gasteiger partial charge is 0.261 e. The third kappa shape index (κ3) is 8.56. The Labute approximate surface area is 353 Å². The van der Waals surface area contributed by atoms with Crippen LogP contribution >= 0.6 is 34.2 Å².